The first kappa shape index (κ1) is 17.1. The number of hydrogen-bond donors (Lipinski definition) is 1. The molecule has 1 saturated heterocycles. The van der Waals surface area contributed by atoms with Gasteiger partial charge in [-0.25, -0.2) is 8.78 Å². The third-order valence-electron chi connectivity index (χ3n) is 5.37. The number of amides is 1. The molecule has 5 nitrogen and oxygen atoms in total. The summed E-state index contributed by atoms with van der Waals surface area (Å²) in [6.45, 7) is 2.48. The molecule has 7 heteroatoms. The molecule has 1 amide bonds. The van der Waals surface area contributed by atoms with Crippen LogP contribution in [-0.4, -0.2) is 37.8 Å². The van der Waals surface area contributed by atoms with Crippen LogP contribution in [0.1, 0.15) is 11.1 Å². The second kappa shape index (κ2) is 6.53. The minimum atomic E-state index is -0.618. The lowest BCUT2D eigenvalue weighted by Gasteiger charge is -2.31. The molecule has 2 aliphatic heterocycles. The number of para-hydroxylation sites is 1. The van der Waals surface area contributed by atoms with E-state index in [1.54, 1.807) is 23.1 Å². The fraction of sp³-hybridized carbons (Fsp3) is 0.238. The molecule has 2 aromatic rings. The van der Waals surface area contributed by atoms with Crippen molar-refractivity contribution in [2.45, 2.75) is 6.42 Å². The maximum atomic E-state index is 15.3. The number of rotatable bonds is 2. The van der Waals surface area contributed by atoms with Crippen molar-refractivity contribution in [3.8, 4) is 0 Å². The standard InChI is InChI=1S/C21H18F2N4O/c22-17-12-16-14(18(23)20(17)26-10-8-24-9-11-26)6-7-15-19(16)25-27(21(15)28)13-4-2-1-3-5-13/h1-5,7,12,24H,6,8-11H2. The van der Waals surface area contributed by atoms with Crippen LogP contribution in [0.5, 0.6) is 0 Å². The van der Waals surface area contributed by atoms with E-state index in [1.807, 2.05) is 18.2 Å². The van der Waals surface area contributed by atoms with E-state index in [2.05, 4.69) is 10.4 Å². The summed E-state index contributed by atoms with van der Waals surface area (Å²) in [7, 11) is 0. The van der Waals surface area contributed by atoms with Crippen molar-refractivity contribution >= 4 is 23.0 Å². The van der Waals surface area contributed by atoms with E-state index in [-0.39, 0.29) is 18.0 Å². The topological polar surface area (TPSA) is 47.9 Å². The third-order valence-corrected chi connectivity index (χ3v) is 5.37. The maximum Gasteiger partial charge on any atom is 0.280 e. The summed E-state index contributed by atoms with van der Waals surface area (Å²) < 4.78 is 30.2. The van der Waals surface area contributed by atoms with Crippen molar-refractivity contribution in [3.05, 3.63) is 70.8 Å². The highest BCUT2D eigenvalue weighted by Gasteiger charge is 2.37. The first-order valence-electron chi connectivity index (χ1n) is 9.30. The van der Waals surface area contributed by atoms with Crippen molar-refractivity contribution < 1.29 is 13.6 Å². The van der Waals surface area contributed by atoms with Gasteiger partial charge in [0, 0.05) is 37.3 Å². The molecule has 1 fully saturated rings. The summed E-state index contributed by atoms with van der Waals surface area (Å²) in [6, 6.07) is 10.3. The van der Waals surface area contributed by atoms with Crippen LogP contribution in [0.25, 0.3) is 0 Å². The number of piperazine rings is 1. The second-order valence-electron chi connectivity index (χ2n) is 7.01. The lowest BCUT2D eigenvalue weighted by Crippen LogP contribution is -2.44. The maximum absolute atomic E-state index is 15.3. The van der Waals surface area contributed by atoms with Crippen LogP contribution in [-0.2, 0) is 11.2 Å². The smallest absolute Gasteiger partial charge is 0.280 e. The van der Waals surface area contributed by atoms with Crippen molar-refractivity contribution in [1.82, 2.24) is 5.32 Å². The van der Waals surface area contributed by atoms with Gasteiger partial charge in [-0.05, 0) is 24.6 Å². The zero-order chi connectivity index (χ0) is 19.3. The lowest BCUT2D eigenvalue weighted by atomic mass is 9.88. The van der Waals surface area contributed by atoms with E-state index in [0.717, 1.165) is 0 Å². The molecule has 3 aliphatic rings. The highest BCUT2D eigenvalue weighted by atomic mass is 19.1. The van der Waals surface area contributed by atoms with Crippen molar-refractivity contribution in [2.24, 2.45) is 5.10 Å². The number of hydrogen-bond acceptors (Lipinski definition) is 4. The molecule has 1 aliphatic carbocycles. The van der Waals surface area contributed by atoms with Crippen molar-refractivity contribution in [2.75, 3.05) is 36.1 Å². The molecule has 0 unspecified atom stereocenters. The molecule has 2 heterocycles. The van der Waals surface area contributed by atoms with Gasteiger partial charge in [0.1, 0.15) is 17.2 Å². The van der Waals surface area contributed by atoms with Gasteiger partial charge in [-0.3, -0.25) is 4.79 Å². The monoisotopic (exact) mass is 380 g/mol. The highest BCUT2D eigenvalue weighted by molar-refractivity contribution is 6.36. The van der Waals surface area contributed by atoms with Crippen molar-refractivity contribution in [1.29, 1.82) is 0 Å². The Balaban J connectivity index is 1.60. The molecule has 0 aromatic heterocycles. The first-order chi connectivity index (χ1) is 13.6. The van der Waals surface area contributed by atoms with Crippen LogP contribution < -0.4 is 15.2 Å². The molecular formula is C21H18F2N4O. The van der Waals surface area contributed by atoms with E-state index in [0.29, 0.717) is 54.3 Å². The summed E-state index contributed by atoms with van der Waals surface area (Å²) in [5.41, 5.74) is 2.11. The fourth-order valence-electron chi connectivity index (χ4n) is 3.98. The molecule has 0 saturated carbocycles. The van der Waals surface area contributed by atoms with Gasteiger partial charge in [0.25, 0.3) is 5.91 Å². The fourth-order valence-corrected chi connectivity index (χ4v) is 3.98. The summed E-state index contributed by atoms with van der Waals surface area (Å²) in [6.07, 6.45) is 1.93. The Morgan fingerprint density at radius 2 is 1.82 bits per heavy atom. The van der Waals surface area contributed by atoms with Crippen LogP contribution in [0, 0.1) is 11.6 Å². The largest absolute Gasteiger partial charge is 0.364 e. The van der Waals surface area contributed by atoms with E-state index in [1.165, 1.54) is 11.1 Å². The molecule has 28 heavy (non-hydrogen) atoms. The molecule has 1 N–H and O–H groups in total. The predicted molar refractivity (Wildman–Crippen MR) is 104 cm³/mol. The Morgan fingerprint density at radius 3 is 2.57 bits per heavy atom. The number of halogens is 2. The van der Waals surface area contributed by atoms with E-state index < -0.39 is 11.6 Å². The number of fused-ring (bicyclic) bond motifs is 3. The highest BCUT2D eigenvalue weighted by Crippen LogP contribution is 2.36. The first-order valence-corrected chi connectivity index (χ1v) is 9.30. The van der Waals surface area contributed by atoms with Crippen molar-refractivity contribution in [3.63, 3.8) is 0 Å². The average molecular weight is 380 g/mol. The zero-order valence-corrected chi connectivity index (χ0v) is 15.1. The van der Waals surface area contributed by atoms with Crippen LogP contribution in [0.3, 0.4) is 0 Å². The van der Waals surface area contributed by atoms with Gasteiger partial charge in [-0.15, -0.1) is 0 Å². The van der Waals surface area contributed by atoms with Gasteiger partial charge in [0.2, 0.25) is 0 Å². The molecule has 0 radical (unpaired) electrons. The number of carbonyl (C=O) groups is 1. The summed E-state index contributed by atoms with van der Waals surface area (Å²) >= 11 is 0. The molecule has 0 bridgehead atoms. The minimum Gasteiger partial charge on any atom is -0.364 e. The summed E-state index contributed by atoms with van der Waals surface area (Å²) in [5.74, 6) is -1.45. The minimum absolute atomic E-state index is 0.0157. The molecule has 5 rings (SSSR count). The summed E-state index contributed by atoms with van der Waals surface area (Å²) in [5, 5.41) is 8.87. The predicted octanol–water partition coefficient (Wildman–Crippen LogP) is 2.61. The SMILES string of the molecule is O=C1C2=CCc3c(cc(F)c(N4CCNCC4)c3F)C2=NN1c1ccccc1. The van der Waals surface area contributed by atoms with Crippen LogP contribution in [0.4, 0.5) is 20.2 Å². The quantitative estimate of drug-likeness (QED) is 0.871. The Morgan fingerprint density at radius 1 is 1.07 bits per heavy atom. The van der Waals surface area contributed by atoms with Crippen LogP contribution in [0.15, 0.2) is 53.1 Å². The number of nitrogens with one attached hydrogen (secondary N) is 1. The van der Waals surface area contributed by atoms with Gasteiger partial charge in [0.05, 0.1) is 11.3 Å². The zero-order valence-electron chi connectivity index (χ0n) is 15.1. The van der Waals surface area contributed by atoms with E-state index in [9.17, 15) is 9.18 Å². The van der Waals surface area contributed by atoms with Gasteiger partial charge in [-0.2, -0.15) is 10.1 Å². The third kappa shape index (κ3) is 2.54. The van der Waals surface area contributed by atoms with Gasteiger partial charge < -0.3 is 10.2 Å². The number of allylic oxidation sites excluding steroid dienone is 1. The molecule has 0 spiro atoms. The number of hydrazone groups is 1. The molecule has 2 aromatic carbocycles. The molecule has 0 atom stereocenters. The Hall–Kier alpha value is -3.06. The second-order valence-corrected chi connectivity index (χ2v) is 7.01. The van der Waals surface area contributed by atoms with Gasteiger partial charge >= 0.3 is 0 Å². The number of carbonyl (C=O) groups excluding carboxylic acids is 1. The lowest BCUT2D eigenvalue weighted by molar-refractivity contribution is -0.114. The number of nitrogens with zero attached hydrogens (tertiary/aromatic N) is 3. The number of benzene rings is 2. The van der Waals surface area contributed by atoms with E-state index in [4.69, 9.17) is 0 Å². The molecular weight excluding hydrogens is 362 g/mol. The van der Waals surface area contributed by atoms with Crippen LogP contribution >= 0.6 is 0 Å². The van der Waals surface area contributed by atoms with Gasteiger partial charge in [-0.1, -0.05) is 24.3 Å². The Labute approximate surface area is 160 Å². The number of anilines is 2. The van der Waals surface area contributed by atoms with Gasteiger partial charge in [0.15, 0.2) is 5.82 Å². The Bertz CT molecular complexity index is 1030. The normalized spacial score (nSPS) is 18.6. The van der Waals surface area contributed by atoms with Crippen LogP contribution in [0.2, 0.25) is 0 Å². The summed E-state index contributed by atoms with van der Waals surface area (Å²) in [4.78, 5) is 14.5. The Kier molecular flexibility index (Phi) is 3.98. The van der Waals surface area contributed by atoms with E-state index >= 15 is 4.39 Å². The molecule has 142 valence electrons. The average Bonchev–Trinajstić information content (AvgIpc) is 3.07.